The van der Waals surface area contributed by atoms with Crippen LogP contribution in [0.2, 0.25) is 0 Å². The molecule has 0 fully saturated rings. The maximum atomic E-state index is 12.6. The van der Waals surface area contributed by atoms with Gasteiger partial charge in [-0.2, -0.15) is 27.1 Å². The van der Waals surface area contributed by atoms with Crippen molar-refractivity contribution in [2.75, 3.05) is 0 Å². The van der Waals surface area contributed by atoms with Crippen LogP contribution in [0.3, 0.4) is 0 Å². The lowest BCUT2D eigenvalue weighted by molar-refractivity contribution is -0.141. The molecule has 0 amide bonds. The van der Waals surface area contributed by atoms with Crippen LogP contribution in [0.25, 0.3) is 5.69 Å². The molecule has 21 heavy (non-hydrogen) atoms. The van der Waals surface area contributed by atoms with Gasteiger partial charge in [-0.05, 0) is 24.3 Å². The average molecular weight is 306 g/mol. The summed E-state index contributed by atoms with van der Waals surface area (Å²) in [6.45, 7) is -3.30. The summed E-state index contributed by atoms with van der Waals surface area (Å²) < 4.78 is 66.9. The number of carbonyl (C=O) groups excluding carboxylic acids is 1. The van der Waals surface area contributed by atoms with Gasteiger partial charge in [0.2, 0.25) is 5.88 Å². The summed E-state index contributed by atoms with van der Waals surface area (Å²) in [7, 11) is 0. The van der Waals surface area contributed by atoms with Crippen LogP contribution in [0.5, 0.6) is 5.88 Å². The SMILES string of the molecule is O=Cc1ccc(-n2nc(C(F)(F)F)cc2OC(F)F)cc1. The third-order valence-corrected chi connectivity index (χ3v) is 2.45. The number of benzene rings is 1. The smallest absolute Gasteiger partial charge is 0.417 e. The van der Waals surface area contributed by atoms with Crippen LogP contribution in [-0.2, 0) is 6.18 Å². The monoisotopic (exact) mass is 306 g/mol. The number of ether oxygens (including phenoxy) is 1. The van der Waals surface area contributed by atoms with E-state index >= 15 is 0 Å². The zero-order valence-electron chi connectivity index (χ0n) is 10.1. The van der Waals surface area contributed by atoms with Crippen molar-refractivity contribution in [1.82, 2.24) is 9.78 Å². The molecule has 0 aliphatic heterocycles. The fourth-order valence-electron chi connectivity index (χ4n) is 1.56. The summed E-state index contributed by atoms with van der Waals surface area (Å²) in [5, 5.41) is 3.21. The number of halogens is 5. The van der Waals surface area contributed by atoms with E-state index in [0.717, 1.165) is 0 Å². The second-order valence-electron chi connectivity index (χ2n) is 3.87. The van der Waals surface area contributed by atoms with E-state index in [0.29, 0.717) is 17.0 Å². The van der Waals surface area contributed by atoms with Crippen molar-refractivity contribution in [3.8, 4) is 11.6 Å². The quantitative estimate of drug-likeness (QED) is 0.643. The maximum Gasteiger partial charge on any atom is 0.435 e. The Balaban J connectivity index is 2.48. The number of aldehydes is 1. The van der Waals surface area contributed by atoms with Gasteiger partial charge < -0.3 is 4.74 Å². The van der Waals surface area contributed by atoms with Crippen molar-refractivity contribution < 1.29 is 31.5 Å². The molecule has 0 aliphatic carbocycles. The van der Waals surface area contributed by atoms with E-state index in [9.17, 15) is 26.7 Å². The Hall–Kier alpha value is -2.45. The number of hydrogen-bond acceptors (Lipinski definition) is 3. The highest BCUT2D eigenvalue weighted by atomic mass is 19.4. The van der Waals surface area contributed by atoms with Crippen LogP contribution in [0.15, 0.2) is 30.3 Å². The molecule has 0 saturated heterocycles. The normalized spacial score (nSPS) is 11.7. The summed E-state index contributed by atoms with van der Waals surface area (Å²) in [6.07, 6.45) is -4.27. The van der Waals surface area contributed by atoms with Gasteiger partial charge in [-0.25, -0.2) is 4.68 Å². The molecule has 1 aromatic heterocycles. The molecule has 112 valence electrons. The molecule has 1 heterocycles. The lowest BCUT2D eigenvalue weighted by atomic mass is 10.2. The molecule has 2 rings (SSSR count). The zero-order chi connectivity index (χ0) is 15.6. The third-order valence-electron chi connectivity index (χ3n) is 2.45. The second-order valence-corrected chi connectivity index (χ2v) is 3.87. The van der Waals surface area contributed by atoms with Gasteiger partial charge in [-0.1, -0.05) is 0 Å². The first-order chi connectivity index (χ1) is 9.81. The molecule has 0 bridgehead atoms. The average Bonchev–Trinajstić information content (AvgIpc) is 2.82. The van der Waals surface area contributed by atoms with Crippen LogP contribution in [-0.4, -0.2) is 22.7 Å². The Morgan fingerprint density at radius 1 is 1.19 bits per heavy atom. The van der Waals surface area contributed by atoms with E-state index in [-0.39, 0.29) is 11.3 Å². The molecular weight excluding hydrogens is 299 g/mol. The molecule has 4 nitrogen and oxygen atoms in total. The molecule has 0 radical (unpaired) electrons. The first kappa shape index (κ1) is 14.9. The third kappa shape index (κ3) is 3.36. The standard InChI is InChI=1S/C12H7F5N2O2/c13-11(14)21-10-5-9(12(15,16)17)18-19(10)8-3-1-7(6-20)2-4-8/h1-6,11H. The Morgan fingerprint density at radius 3 is 2.29 bits per heavy atom. The molecule has 0 N–H and O–H groups in total. The fraction of sp³-hybridized carbons (Fsp3) is 0.167. The fourth-order valence-corrected chi connectivity index (χ4v) is 1.56. The van der Waals surface area contributed by atoms with Crippen molar-refractivity contribution in [2.45, 2.75) is 12.8 Å². The van der Waals surface area contributed by atoms with Gasteiger partial charge in [0.05, 0.1) is 5.69 Å². The van der Waals surface area contributed by atoms with Gasteiger partial charge in [0.25, 0.3) is 0 Å². The molecular formula is C12H7F5N2O2. The number of aromatic nitrogens is 2. The molecule has 0 saturated carbocycles. The largest absolute Gasteiger partial charge is 0.435 e. The number of hydrogen-bond donors (Lipinski definition) is 0. The van der Waals surface area contributed by atoms with Gasteiger partial charge >= 0.3 is 12.8 Å². The summed E-state index contributed by atoms with van der Waals surface area (Å²) in [4.78, 5) is 10.5. The van der Waals surface area contributed by atoms with E-state index in [1.54, 1.807) is 0 Å². The van der Waals surface area contributed by atoms with Crippen LogP contribution >= 0.6 is 0 Å². The minimum atomic E-state index is -4.80. The minimum Gasteiger partial charge on any atom is -0.417 e. The number of rotatable bonds is 4. The van der Waals surface area contributed by atoms with Crippen molar-refractivity contribution in [2.24, 2.45) is 0 Å². The highest BCUT2D eigenvalue weighted by Crippen LogP contribution is 2.32. The van der Waals surface area contributed by atoms with Crippen molar-refractivity contribution in [3.63, 3.8) is 0 Å². The summed E-state index contributed by atoms with van der Waals surface area (Å²) in [5.41, 5.74) is -1.04. The maximum absolute atomic E-state index is 12.6. The number of nitrogens with zero attached hydrogens (tertiary/aromatic N) is 2. The van der Waals surface area contributed by atoms with E-state index in [1.165, 1.54) is 24.3 Å². The highest BCUT2D eigenvalue weighted by Gasteiger charge is 2.36. The van der Waals surface area contributed by atoms with Crippen LogP contribution in [0.1, 0.15) is 16.1 Å². The topological polar surface area (TPSA) is 44.1 Å². The Bertz CT molecular complexity index is 634. The predicted molar refractivity (Wildman–Crippen MR) is 60.6 cm³/mol. The molecule has 0 atom stereocenters. The molecule has 0 unspecified atom stereocenters. The molecule has 1 aromatic carbocycles. The lowest BCUT2D eigenvalue weighted by Crippen LogP contribution is -2.09. The van der Waals surface area contributed by atoms with Crippen molar-refractivity contribution in [1.29, 1.82) is 0 Å². The lowest BCUT2D eigenvalue weighted by Gasteiger charge is -2.08. The van der Waals surface area contributed by atoms with Crippen LogP contribution in [0.4, 0.5) is 22.0 Å². The first-order valence-corrected chi connectivity index (χ1v) is 5.49. The van der Waals surface area contributed by atoms with Crippen LogP contribution < -0.4 is 4.74 Å². The zero-order valence-corrected chi connectivity index (χ0v) is 10.1. The van der Waals surface area contributed by atoms with E-state index in [1.807, 2.05) is 0 Å². The number of alkyl halides is 5. The van der Waals surface area contributed by atoms with E-state index in [2.05, 4.69) is 9.84 Å². The molecule has 0 spiro atoms. The van der Waals surface area contributed by atoms with Gasteiger partial charge in [0, 0.05) is 11.6 Å². The predicted octanol–water partition coefficient (Wildman–Crippen LogP) is 3.31. The van der Waals surface area contributed by atoms with E-state index < -0.39 is 24.4 Å². The van der Waals surface area contributed by atoms with Crippen LogP contribution in [0, 0.1) is 0 Å². The first-order valence-electron chi connectivity index (χ1n) is 5.49. The second kappa shape index (κ2) is 5.51. The minimum absolute atomic E-state index is 0.0479. The van der Waals surface area contributed by atoms with Gasteiger partial charge in [-0.3, -0.25) is 4.79 Å². The van der Waals surface area contributed by atoms with E-state index in [4.69, 9.17) is 0 Å². The highest BCUT2D eigenvalue weighted by molar-refractivity contribution is 5.75. The Morgan fingerprint density at radius 2 is 1.81 bits per heavy atom. The van der Waals surface area contributed by atoms with Gasteiger partial charge in [0.15, 0.2) is 5.69 Å². The Kier molecular flexibility index (Phi) is 3.92. The molecule has 0 aliphatic rings. The van der Waals surface area contributed by atoms with Gasteiger partial charge in [-0.15, -0.1) is 0 Å². The Labute approximate surface area is 114 Å². The summed E-state index contributed by atoms with van der Waals surface area (Å²) in [6, 6.07) is 5.51. The van der Waals surface area contributed by atoms with Crippen molar-refractivity contribution >= 4 is 6.29 Å². The van der Waals surface area contributed by atoms with Crippen molar-refractivity contribution in [3.05, 3.63) is 41.6 Å². The molecule has 9 heteroatoms. The van der Waals surface area contributed by atoms with Gasteiger partial charge in [0.1, 0.15) is 6.29 Å². The summed E-state index contributed by atoms with van der Waals surface area (Å²) in [5.74, 6) is -0.754. The molecule has 2 aromatic rings. The summed E-state index contributed by atoms with van der Waals surface area (Å²) >= 11 is 0. The number of carbonyl (C=O) groups is 1.